The summed E-state index contributed by atoms with van der Waals surface area (Å²) in [5, 5.41) is 9.68. The Morgan fingerprint density at radius 2 is 0.788 bits per heavy atom. The van der Waals surface area contributed by atoms with Crippen LogP contribution in [0.25, 0.3) is 99.5 Å². The standard InChI is InChI=1S/C49H31N3/c1-2-13-35(14-3-1)47-50-48(41-19-8-18-37(31-41)38-27-28-43-39(30-38)26-24-33-12-6-7-20-42(33)43)52-49(51-47)45-22-10-17-34-16-9-21-44(46(34)45)40-25-23-32-11-4-5-15-36(32)29-40/h1-31H. The zero-order chi connectivity index (χ0) is 34.4. The van der Waals surface area contributed by atoms with Crippen molar-refractivity contribution in [2.24, 2.45) is 0 Å². The van der Waals surface area contributed by atoms with E-state index in [1.165, 1.54) is 32.3 Å². The Labute approximate surface area is 301 Å². The minimum atomic E-state index is 0.637. The first-order valence-electron chi connectivity index (χ1n) is 17.6. The molecule has 0 spiro atoms. The molecule has 242 valence electrons. The summed E-state index contributed by atoms with van der Waals surface area (Å²) in [5.74, 6) is 1.92. The van der Waals surface area contributed by atoms with Gasteiger partial charge in [-0.25, -0.2) is 15.0 Å². The number of rotatable bonds is 5. The van der Waals surface area contributed by atoms with Crippen molar-refractivity contribution < 1.29 is 0 Å². The van der Waals surface area contributed by atoms with Crippen molar-refractivity contribution in [1.29, 1.82) is 0 Å². The van der Waals surface area contributed by atoms with Crippen molar-refractivity contribution >= 4 is 43.1 Å². The molecule has 52 heavy (non-hydrogen) atoms. The second kappa shape index (κ2) is 12.4. The molecule has 0 unspecified atom stereocenters. The van der Waals surface area contributed by atoms with Gasteiger partial charge in [0.25, 0.3) is 0 Å². The van der Waals surface area contributed by atoms with Gasteiger partial charge >= 0.3 is 0 Å². The van der Waals surface area contributed by atoms with Crippen LogP contribution in [0.4, 0.5) is 0 Å². The topological polar surface area (TPSA) is 38.7 Å². The summed E-state index contributed by atoms with van der Waals surface area (Å²) >= 11 is 0. The van der Waals surface area contributed by atoms with Gasteiger partial charge in [0.2, 0.25) is 0 Å². The maximum Gasteiger partial charge on any atom is 0.164 e. The summed E-state index contributed by atoms with van der Waals surface area (Å²) < 4.78 is 0. The van der Waals surface area contributed by atoms with E-state index in [1.807, 2.05) is 18.2 Å². The van der Waals surface area contributed by atoms with E-state index in [4.69, 9.17) is 15.0 Å². The molecule has 0 fully saturated rings. The fourth-order valence-electron chi connectivity index (χ4n) is 7.50. The van der Waals surface area contributed by atoms with Gasteiger partial charge in [0.15, 0.2) is 17.5 Å². The molecule has 0 radical (unpaired) electrons. The lowest BCUT2D eigenvalue weighted by Gasteiger charge is -2.14. The molecular weight excluding hydrogens is 631 g/mol. The van der Waals surface area contributed by atoms with E-state index in [1.54, 1.807) is 0 Å². The molecule has 0 bridgehead atoms. The van der Waals surface area contributed by atoms with E-state index in [0.29, 0.717) is 17.5 Å². The highest BCUT2D eigenvalue weighted by molar-refractivity contribution is 6.09. The van der Waals surface area contributed by atoms with E-state index in [9.17, 15) is 0 Å². The highest BCUT2D eigenvalue weighted by Crippen LogP contribution is 2.38. The smallest absolute Gasteiger partial charge is 0.164 e. The molecule has 10 aromatic rings. The zero-order valence-electron chi connectivity index (χ0n) is 28.2. The fraction of sp³-hybridized carbons (Fsp3) is 0. The number of fused-ring (bicyclic) bond motifs is 5. The van der Waals surface area contributed by atoms with Crippen molar-refractivity contribution in [3.8, 4) is 56.4 Å². The first-order chi connectivity index (χ1) is 25.7. The summed E-state index contributed by atoms with van der Waals surface area (Å²) in [6.45, 7) is 0. The van der Waals surface area contributed by atoms with Crippen LogP contribution < -0.4 is 0 Å². The molecule has 9 aromatic carbocycles. The van der Waals surface area contributed by atoms with E-state index >= 15 is 0 Å². The molecule has 3 nitrogen and oxygen atoms in total. The first kappa shape index (κ1) is 29.9. The highest BCUT2D eigenvalue weighted by atomic mass is 15.0. The third-order valence-corrected chi connectivity index (χ3v) is 10.1. The highest BCUT2D eigenvalue weighted by Gasteiger charge is 2.17. The van der Waals surface area contributed by atoms with Gasteiger partial charge in [-0.3, -0.25) is 0 Å². The van der Waals surface area contributed by atoms with Crippen molar-refractivity contribution in [1.82, 2.24) is 15.0 Å². The monoisotopic (exact) mass is 661 g/mol. The van der Waals surface area contributed by atoms with Gasteiger partial charge in [0.1, 0.15) is 0 Å². The van der Waals surface area contributed by atoms with Crippen LogP contribution in [0.15, 0.2) is 188 Å². The van der Waals surface area contributed by atoms with Gasteiger partial charge in [0.05, 0.1) is 0 Å². The van der Waals surface area contributed by atoms with Crippen LogP contribution in [0.2, 0.25) is 0 Å². The van der Waals surface area contributed by atoms with Crippen molar-refractivity contribution in [3.63, 3.8) is 0 Å². The Hall–Kier alpha value is -6.97. The van der Waals surface area contributed by atoms with Crippen LogP contribution in [0.5, 0.6) is 0 Å². The van der Waals surface area contributed by atoms with Crippen LogP contribution >= 0.6 is 0 Å². The van der Waals surface area contributed by atoms with Crippen LogP contribution in [-0.4, -0.2) is 15.0 Å². The van der Waals surface area contributed by atoms with Crippen molar-refractivity contribution in [2.75, 3.05) is 0 Å². The second-order valence-electron chi connectivity index (χ2n) is 13.2. The lowest BCUT2D eigenvalue weighted by molar-refractivity contribution is 1.08. The van der Waals surface area contributed by atoms with Gasteiger partial charge in [-0.2, -0.15) is 0 Å². The maximum absolute atomic E-state index is 5.23. The quantitative estimate of drug-likeness (QED) is 0.172. The van der Waals surface area contributed by atoms with E-state index in [2.05, 4.69) is 170 Å². The Kier molecular flexibility index (Phi) is 7.14. The largest absolute Gasteiger partial charge is 0.208 e. The number of nitrogens with zero attached hydrogens (tertiary/aromatic N) is 3. The van der Waals surface area contributed by atoms with E-state index in [-0.39, 0.29) is 0 Å². The van der Waals surface area contributed by atoms with Crippen LogP contribution in [0.3, 0.4) is 0 Å². The molecule has 0 saturated heterocycles. The molecule has 0 saturated carbocycles. The second-order valence-corrected chi connectivity index (χ2v) is 13.2. The van der Waals surface area contributed by atoms with Crippen LogP contribution in [0.1, 0.15) is 0 Å². The number of benzene rings is 9. The Morgan fingerprint density at radius 1 is 0.250 bits per heavy atom. The average molecular weight is 662 g/mol. The average Bonchev–Trinajstić information content (AvgIpc) is 3.23. The molecule has 3 heteroatoms. The zero-order valence-corrected chi connectivity index (χ0v) is 28.2. The molecule has 0 N–H and O–H groups in total. The number of hydrogen-bond acceptors (Lipinski definition) is 3. The van der Waals surface area contributed by atoms with E-state index < -0.39 is 0 Å². The van der Waals surface area contributed by atoms with Crippen LogP contribution in [0, 0.1) is 0 Å². The van der Waals surface area contributed by atoms with Gasteiger partial charge in [-0.05, 0) is 78.2 Å². The fourth-order valence-corrected chi connectivity index (χ4v) is 7.50. The lowest BCUT2D eigenvalue weighted by Crippen LogP contribution is -2.01. The van der Waals surface area contributed by atoms with Gasteiger partial charge in [-0.15, -0.1) is 0 Å². The predicted molar refractivity (Wildman–Crippen MR) is 217 cm³/mol. The van der Waals surface area contributed by atoms with Gasteiger partial charge in [0, 0.05) is 22.1 Å². The molecule has 0 aliphatic rings. The lowest BCUT2D eigenvalue weighted by atomic mass is 9.93. The molecule has 0 amide bonds. The Balaban J connectivity index is 1.14. The maximum atomic E-state index is 5.23. The van der Waals surface area contributed by atoms with Crippen molar-refractivity contribution in [2.45, 2.75) is 0 Å². The normalized spacial score (nSPS) is 11.5. The molecule has 0 atom stereocenters. The molecule has 1 heterocycles. The molecular formula is C49H31N3. The molecule has 1 aromatic heterocycles. The summed E-state index contributed by atoms with van der Waals surface area (Å²) in [6.07, 6.45) is 0. The summed E-state index contributed by atoms with van der Waals surface area (Å²) in [7, 11) is 0. The summed E-state index contributed by atoms with van der Waals surface area (Å²) in [5.41, 5.74) is 7.42. The number of hydrogen-bond donors (Lipinski definition) is 0. The molecule has 0 aliphatic heterocycles. The minimum absolute atomic E-state index is 0.637. The third-order valence-electron chi connectivity index (χ3n) is 10.1. The minimum Gasteiger partial charge on any atom is -0.208 e. The predicted octanol–water partition coefficient (Wildman–Crippen LogP) is 12.8. The third kappa shape index (κ3) is 5.28. The summed E-state index contributed by atoms with van der Waals surface area (Å²) in [6, 6.07) is 66.5. The number of aromatic nitrogens is 3. The van der Waals surface area contributed by atoms with Gasteiger partial charge in [-0.1, -0.05) is 170 Å². The van der Waals surface area contributed by atoms with Gasteiger partial charge < -0.3 is 0 Å². The first-order valence-corrected chi connectivity index (χ1v) is 17.6. The van der Waals surface area contributed by atoms with E-state index in [0.717, 1.165) is 49.7 Å². The molecule has 10 rings (SSSR count). The molecule has 0 aliphatic carbocycles. The Bertz CT molecular complexity index is 2960. The van der Waals surface area contributed by atoms with Crippen LogP contribution in [-0.2, 0) is 0 Å². The van der Waals surface area contributed by atoms with Crippen molar-refractivity contribution in [3.05, 3.63) is 188 Å². The summed E-state index contributed by atoms with van der Waals surface area (Å²) in [4.78, 5) is 15.5. The Morgan fingerprint density at radius 3 is 1.65 bits per heavy atom. The SMILES string of the molecule is c1ccc(-c2nc(-c3cccc(-c4ccc5c(ccc6ccccc65)c4)c3)nc(-c3cccc4cccc(-c5ccc6ccccc6c5)c34)n2)cc1.